The first-order valence-corrected chi connectivity index (χ1v) is 10.5. The van der Waals surface area contributed by atoms with Gasteiger partial charge in [-0.2, -0.15) is 5.10 Å². The van der Waals surface area contributed by atoms with Crippen LogP contribution in [-0.2, 0) is 4.79 Å². The van der Waals surface area contributed by atoms with Crippen molar-refractivity contribution in [3.8, 4) is 11.4 Å². The van der Waals surface area contributed by atoms with Crippen molar-refractivity contribution in [2.75, 3.05) is 17.7 Å². The van der Waals surface area contributed by atoms with E-state index in [1.165, 1.54) is 10.8 Å². The Kier molecular flexibility index (Phi) is 6.17. The number of fused-ring (bicyclic) bond motifs is 1. The molecule has 4 aromatic rings. The fourth-order valence-electron chi connectivity index (χ4n) is 2.96. The van der Waals surface area contributed by atoms with E-state index in [0.29, 0.717) is 29.5 Å². The van der Waals surface area contributed by atoms with Gasteiger partial charge in [-0.25, -0.2) is 13.8 Å². The molecule has 0 aliphatic rings. The summed E-state index contributed by atoms with van der Waals surface area (Å²) in [6.07, 6.45) is 1.38. The van der Waals surface area contributed by atoms with E-state index in [0.717, 1.165) is 23.9 Å². The number of amides is 1. The molecule has 0 spiro atoms. The van der Waals surface area contributed by atoms with Crippen LogP contribution in [0.25, 0.3) is 16.7 Å². The number of carbonyl (C=O) groups is 1. The molecule has 0 unspecified atom stereocenters. The minimum atomic E-state index is -0.883. The summed E-state index contributed by atoms with van der Waals surface area (Å²) in [5, 5.41) is 9.43. The molecule has 0 fully saturated rings. The molecule has 164 valence electrons. The van der Waals surface area contributed by atoms with E-state index in [4.69, 9.17) is 4.74 Å². The maximum absolute atomic E-state index is 13.8. The van der Waals surface area contributed by atoms with Gasteiger partial charge in [0, 0.05) is 6.07 Å². The summed E-state index contributed by atoms with van der Waals surface area (Å²) in [6.45, 7) is 2.37. The zero-order valence-corrected chi connectivity index (χ0v) is 17.6. The second-order valence-corrected chi connectivity index (χ2v) is 7.50. The lowest BCUT2D eigenvalue weighted by atomic mass is 10.3. The van der Waals surface area contributed by atoms with Crippen LogP contribution in [0.15, 0.2) is 58.6 Å². The molecule has 0 radical (unpaired) electrons. The zero-order chi connectivity index (χ0) is 22.7. The van der Waals surface area contributed by atoms with Gasteiger partial charge in [-0.1, -0.05) is 11.8 Å². The van der Waals surface area contributed by atoms with Gasteiger partial charge in [-0.3, -0.25) is 19.3 Å². The summed E-state index contributed by atoms with van der Waals surface area (Å²) in [5.41, 5.74) is 0.310. The first-order valence-electron chi connectivity index (χ1n) is 9.53. The van der Waals surface area contributed by atoms with Gasteiger partial charge in [0.15, 0.2) is 10.8 Å². The van der Waals surface area contributed by atoms with Gasteiger partial charge in [0.2, 0.25) is 5.91 Å². The van der Waals surface area contributed by atoms with Crippen molar-refractivity contribution >= 4 is 34.4 Å². The molecule has 0 saturated heterocycles. The van der Waals surface area contributed by atoms with Crippen LogP contribution >= 0.6 is 11.8 Å². The first-order chi connectivity index (χ1) is 15.5. The Balaban J connectivity index is 1.62. The summed E-state index contributed by atoms with van der Waals surface area (Å²) < 4.78 is 33.7. The third-order valence-corrected chi connectivity index (χ3v) is 5.33. The summed E-state index contributed by atoms with van der Waals surface area (Å²) in [4.78, 5) is 29.8. The number of H-pyrrole nitrogens is 1. The highest BCUT2D eigenvalue weighted by Gasteiger charge is 2.17. The Morgan fingerprint density at radius 2 is 2.00 bits per heavy atom. The van der Waals surface area contributed by atoms with E-state index < -0.39 is 17.5 Å². The van der Waals surface area contributed by atoms with Gasteiger partial charge >= 0.3 is 0 Å². The molecular weight excluding hydrogens is 440 g/mol. The summed E-state index contributed by atoms with van der Waals surface area (Å²) in [7, 11) is 0. The highest BCUT2D eigenvalue weighted by atomic mass is 32.2. The number of thioether (sulfide) groups is 1. The summed E-state index contributed by atoms with van der Waals surface area (Å²) in [6, 6.07) is 9.73. The van der Waals surface area contributed by atoms with E-state index in [2.05, 4.69) is 20.5 Å². The van der Waals surface area contributed by atoms with Crippen molar-refractivity contribution < 1.29 is 18.3 Å². The highest BCUT2D eigenvalue weighted by Crippen LogP contribution is 2.23. The number of halogens is 2. The number of carbonyl (C=O) groups excluding carboxylic acids is 1. The van der Waals surface area contributed by atoms with Crippen LogP contribution in [0.4, 0.5) is 14.5 Å². The van der Waals surface area contributed by atoms with Crippen LogP contribution in [0, 0.1) is 11.6 Å². The molecule has 8 nitrogen and oxygen atoms in total. The number of benzene rings is 2. The number of anilines is 1. The quantitative estimate of drug-likeness (QED) is 0.325. The van der Waals surface area contributed by atoms with Gasteiger partial charge < -0.3 is 10.1 Å². The summed E-state index contributed by atoms with van der Waals surface area (Å²) >= 11 is 0.989. The highest BCUT2D eigenvalue weighted by molar-refractivity contribution is 7.99. The number of hydrogen-bond donors (Lipinski definition) is 2. The van der Waals surface area contributed by atoms with Crippen LogP contribution in [-0.4, -0.2) is 38.0 Å². The van der Waals surface area contributed by atoms with E-state index in [1.54, 1.807) is 24.3 Å². The van der Waals surface area contributed by atoms with E-state index in [1.807, 2.05) is 6.92 Å². The third-order valence-electron chi connectivity index (χ3n) is 4.39. The molecule has 0 atom stereocenters. The Bertz CT molecular complexity index is 1340. The van der Waals surface area contributed by atoms with E-state index in [-0.39, 0.29) is 27.8 Å². The molecule has 0 aliphatic heterocycles. The Morgan fingerprint density at radius 1 is 1.22 bits per heavy atom. The van der Waals surface area contributed by atoms with Gasteiger partial charge in [0.05, 0.1) is 29.9 Å². The van der Waals surface area contributed by atoms with Crippen molar-refractivity contribution in [3.63, 3.8) is 0 Å². The minimum Gasteiger partial charge on any atom is -0.494 e. The van der Waals surface area contributed by atoms with Gasteiger partial charge in [0.1, 0.15) is 22.8 Å². The second-order valence-electron chi connectivity index (χ2n) is 6.56. The molecule has 4 rings (SSSR count). The number of ether oxygens (including phenoxy) is 1. The van der Waals surface area contributed by atoms with Crippen molar-refractivity contribution in [3.05, 3.63) is 70.6 Å². The van der Waals surface area contributed by atoms with Crippen LogP contribution in [0.3, 0.4) is 0 Å². The molecule has 2 aromatic carbocycles. The largest absolute Gasteiger partial charge is 0.494 e. The lowest BCUT2D eigenvalue weighted by molar-refractivity contribution is -0.113. The minimum absolute atomic E-state index is 0.141. The molecule has 0 bridgehead atoms. The van der Waals surface area contributed by atoms with Crippen LogP contribution in [0.2, 0.25) is 0 Å². The van der Waals surface area contributed by atoms with Crippen LogP contribution in [0.5, 0.6) is 5.75 Å². The number of nitrogens with zero attached hydrogens (tertiary/aromatic N) is 3. The predicted molar refractivity (Wildman–Crippen MR) is 116 cm³/mol. The molecule has 11 heteroatoms. The molecule has 2 heterocycles. The topological polar surface area (TPSA) is 102 Å². The van der Waals surface area contributed by atoms with Gasteiger partial charge in [0.25, 0.3) is 5.56 Å². The first kappa shape index (κ1) is 21.5. The van der Waals surface area contributed by atoms with Gasteiger partial charge in [-0.05, 0) is 43.3 Å². The van der Waals surface area contributed by atoms with Crippen molar-refractivity contribution in [2.45, 2.75) is 12.1 Å². The average molecular weight is 457 g/mol. The zero-order valence-electron chi connectivity index (χ0n) is 16.8. The lowest BCUT2D eigenvalue weighted by Crippen LogP contribution is -2.22. The summed E-state index contributed by atoms with van der Waals surface area (Å²) in [5.74, 6) is -1.69. The Morgan fingerprint density at radius 3 is 2.72 bits per heavy atom. The van der Waals surface area contributed by atoms with E-state index >= 15 is 0 Å². The molecule has 2 N–H and O–H groups in total. The number of aromatic amines is 1. The SMILES string of the molecule is CCOc1ccc(-n2c(SCC(=O)Nc3ccc(F)cc3F)nc3[nH]ncc3c2=O)cc1. The second kappa shape index (κ2) is 9.18. The molecule has 32 heavy (non-hydrogen) atoms. The number of aromatic nitrogens is 4. The van der Waals surface area contributed by atoms with Crippen LogP contribution < -0.4 is 15.6 Å². The van der Waals surface area contributed by atoms with Crippen molar-refractivity contribution in [2.24, 2.45) is 0 Å². The van der Waals surface area contributed by atoms with Crippen molar-refractivity contribution in [1.82, 2.24) is 19.7 Å². The average Bonchev–Trinajstić information content (AvgIpc) is 3.24. The van der Waals surface area contributed by atoms with E-state index in [9.17, 15) is 18.4 Å². The molecule has 0 aliphatic carbocycles. The monoisotopic (exact) mass is 457 g/mol. The molecule has 2 aromatic heterocycles. The Hall–Kier alpha value is -3.73. The smallest absolute Gasteiger partial charge is 0.269 e. The molecule has 0 saturated carbocycles. The predicted octanol–water partition coefficient (Wildman–Crippen LogP) is 3.52. The fourth-order valence-corrected chi connectivity index (χ4v) is 3.77. The van der Waals surface area contributed by atoms with Gasteiger partial charge in [-0.15, -0.1) is 0 Å². The Labute approximate surface area is 184 Å². The lowest BCUT2D eigenvalue weighted by Gasteiger charge is -2.13. The number of rotatable bonds is 7. The van der Waals surface area contributed by atoms with Crippen molar-refractivity contribution in [1.29, 1.82) is 0 Å². The number of hydrogen-bond acceptors (Lipinski definition) is 6. The van der Waals surface area contributed by atoms with Crippen LogP contribution in [0.1, 0.15) is 6.92 Å². The molecular formula is C21H17F2N5O3S. The fraction of sp³-hybridized carbons (Fsp3) is 0.143. The third kappa shape index (κ3) is 4.47. The normalized spacial score (nSPS) is 11.0. The maximum Gasteiger partial charge on any atom is 0.269 e. The molecule has 1 amide bonds. The number of nitrogens with one attached hydrogen (secondary N) is 2. The maximum atomic E-state index is 13.8. The standard InChI is InChI=1S/C21H17F2N5O3S/c1-2-31-14-6-4-13(5-7-14)28-20(30)15-10-24-27-19(15)26-21(28)32-11-18(29)25-17-8-3-12(22)9-16(17)23/h3-10H,2,11H2,1H3,(H,24,27)(H,25,29).